The zero-order valence-corrected chi connectivity index (χ0v) is 14.6. The first-order valence-electron chi connectivity index (χ1n) is 7.79. The van der Waals surface area contributed by atoms with E-state index >= 15 is 0 Å². The summed E-state index contributed by atoms with van der Waals surface area (Å²) in [4.78, 5) is 25.2. The summed E-state index contributed by atoms with van der Waals surface area (Å²) in [5, 5.41) is 9.45. The van der Waals surface area contributed by atoms with Crippen LogP contribution < -0.4 is 0 Å². The van der Waals surface area contributed by atoms with Crippen LogP contribution in [0.15, 0.2) is 30.3 Å². The molecule has 0 saturated carbocycles. The van der Waals surface area contributed by atoms with Crippen LogP contribution in [0.5, 0.6) is 0 Å². The molecule has 23 heavy (non-hydrogen) atoms. The average molecular weight is 339 g/mol. The van der Waals surface area contributed by atoms with Crippen molar-refractivity contribution in [2.24, 2.45) is 0 Å². The minimum Gasteiger partial charge on any atom is -0.480 e. The van der Waals surface area contributed by atoms with Gasteiger partial charge in [-0.2, -0.15) is 11.8 Å². The van der Waals surface area contributed by atoms with Crippen LogP contribution in [0.25, 0.3) is 0 Å². The Balaban J connectivity index is 2.68. The van der Waals surface area contributed by atoms with Crippen molar-refractivity contribution in [3.05, 3.63) is 35.9 Å². The van der Waals surface area contributed by atoms with Gasteiger partial charge in [0, 0.05) is 6.54 Å². The number of carbonyl (C=O) groups excluding carboxylic acids is 1. The molecule has 0 aromatic heterocycles. The van der Waals surface area contributed by atoms with Crippen molar-refractivity contribution in [2.75, 3.05) is 18.6 Å². The third-order valence-electron chi connectivity index (χ3n) is 3.39. The number of hydrogen-bond acceptors (Lipinski definition) is 4. The van der Waals surface area contributed by atoms with E-state index in [1.165, 1.54) is 4.90 Å². The summed E-state index contributed by atoms with van der Waals surface area (Å²) in [6, 6.07) is 8.53. The van der Waals surface area contributed by atoms with Crippen LogP contribution in [-0.2, 0) is 16.1 Å². The number of ether oxygens (including phenoxy) is 1. The summed E-state index contributed by atoms with van der Waals surface area (Å²) in [5.41, 5.74) is 0.881. The SMILES string of the molecule is CCCN(C(=O)OCc1ccccc1)C(CCCSC)C(=O)O. The van der Waals surface area contributed by atoms with Crippen molar-refractivity contribution in [3.8, 4) is 0 Å². The fraction of sp³-hybridized carbons (Fsp3) is 0.529. The van der Waals surface area contributed by atoms with Crippen LogP contribution >= 0.6 is 11.8 Å². The van der Waals surface area contributed by atoms with Crippen molar-refractivity contribution in [1.29, 1.82) is 0 Å². The Morgan fingerprint density at radius 3 is 2.57 bits per heavy atom. The lowest BCUT2D eigenvalue weighted by Gasteiger charge is -2.28. The van der Waals surface area contributed by atoms with Crippen LogP contribution in [0.3, 0.4) is 0 Å². The molecule has 0 fully saturated rings. The highest BCUT2D eigenvalue weighted by Gasteiger charge is 2.29. The molecule has 0 spiro atoms. The van der Waals surface area contributed by atoms with Gasteiger partial charge in [0.25, 0.3) is 0 Å². The minimum absolute atomic E-state index is 0.150. The van der Waals surface area contributed by atoms with Crippen LogP contribution in [-0.4, -0.2) is 46.7 Å². The number of nitrogens with zero attached hydrogens (tertiary/aromatic N) is 1. The summed E-state index contributed by atoms with van der Waals surface area (Å²) < 4.78 is 5.30. The Morgan fingerprint density at radius 2 is 2.00 bits per heavy atom. The van der Waals surface area contributed by atoms with Crippen LogP contribution in [0, 0.1) is 0 Å². The lowest BCUT2D eigenvalue weighted by Crippen LogP contribution is -2.45. The highest BCUT2D eigenvalue weighted by atomic mass is 32.2. The lowest BCUT2D eigenvalue weighted by molar-refractivity contribution is -0.143. The zero-order chi connectivity index (χ0) is 17.1. The Kier molecular flexibility index (Phi) is 9.21. The average Bonchev–Trinajstić information content (AvgIpc) is 2.56. The topological polar surface area (TPSA) is 66.8 Å². The molecule has 0 radical (unpaired) electrons. The summed E-state index contributed by atoms with van der Waals surface area (Å²) >= 11 is 1.67. The molecule has 0 aliphatic carbocycles. The molecule has 1 amide bonds. The van der Waals surface area contributed by atoms with Crippen molar-refractivity contribution in [2.45, 2.75) is 38.8 Å². The second-order valence-electron chi connectivity index (χ2n) is 5.22. The first kappa shape index (κ1) is 19.4. The van der Waals surface area contributed by atoms with Gasteiger partial charge in [-0.3, -0.25) is 4.90 Å². The number of thioether (sulfide) groups is 1. The van der Waals surface area contributed by atoms with Gasteiger partial charge in [0.1, 0.15) is 12.6 Å². The maximum Gasteiger partial charge on any atom is 0.410 e. The van der Waals surface area contributed by atoms with E-state index < -0.39 is 18.1 Å². The molecule has 1 unspecified atom stereocenters. The number of aliphatic carboxylic acids is 1. The maximum absolute atomic E-state index is 12.3. The number of carboxylic acid groups (broad SMARTS) is 1. The van der Waals surface area contributed by atoms with Gasteiger partial charge in [-0.15, -0.1) is 0 Å². The third-order valence-corrected chi connectivity index (χ3v) is 4.09. The molecule has 5 nitrogen and oxygen atoms in total. The molecule has 0 aliphatic heterocycles. The number of amides is 1. The van der Waals surface area contributed by atoms with E-state index in [9.17, 15) is 14.7 Å². The van der Waals surface area contributed by atoms with Crippen molar-refractivity contribution < 1.29 is 19.4 Å². The predicted molar refractivity (Wildman–Crippen MR) is 92.7 cm³/mol. The highest BCUT2D eigenvalue weighted by Crippen LogP contribution is 2.14. The van der Waals surface area contributed by atoms with E-state index in [-0.39, 0.29) is 6.61 Å². The smallest absolute Gasteiger partial charge is 0.410 e. The Morgan fingerprint density at radius 1 is 1.30 bits per heavy atom. The molecule has 6 heteroatoms. The number of carbonyl (C=O) groups is 2. The van der Waals surface area contributed by atoms with E-state index in [4.69, 9.17) is 4.74 Å². The van der Waals surface area contributed by atoms with Gasteiger partial charge in [-0.05, 0) is 36.8 Å². The fourth-order valence-electron chi connectivity index (χ4n) is 2.25. The maximum atomic E-state index is 12.3. The summed E-state index contributed by atoms with van der Waals surface area (Å²) in [6.45, 7) is 2.44. The van der Waals surface area contributed by atoms with Gasteiger partial charge >= 0.3 is 12.1 Å². The summed E-state index contributed by atoms with van der Waals surface area (Å²) in [7, 11) is 0. The quantitative estimate of drug-likeness (QED) is 0.659. The monoisotopic (exact) mass is 339 g/mol. The van der Waals surface area contributed by atoms with Crippen LogP contribution in [0.4, 0.5) is 4.79 Å². The Labute approximate surface area is 142 Å². The molecule has 0 bridgehead atoms. The van der Waals surface area contributed by atoms with E-state index in [1.54, 1.807) is 11.8 Å². The van der Waals surface area contributed by atoms with Crippen LogP contribution in [0.1, 0.15) is 31.7 Å². The molecular weight excluding hydrogens is 314 g/mol. The van der Waals surface area contributed by atoms with Gasteiger partial charge in [0.2, 0.25) is 0 Å². The standard InChI is InChI=1S/C17H25NO4S/c1-3-11-18(15(16(19)20)10-7-12-23-2)17(21)22-13-14-8-5-4-6-9-14/h4-6,8-9,15H,3,7,10-13H2,1-2H3,(H,19,20). The normalized spacial score (nSPS) is 11.7. The van der Waals surface area contributed by atoms with E-state index in [2.05, 4.69) is 0 Å². The van der Waals surface area contributed by atoms with Gasteiger partial charge in [0.05, 0.1) is 0 Å². The number of hydrogen-bond donors (Lipinski definition) is 1. The Bertz CT molecular complexity index is 481. The molecule has 1 rings (SSSR count). The number of benzene rings is 1. The van der Waals surface area contributed by atoms with Gasteiger partial charge in [0.15, 0.2) is 0 Å². The minimum atomic E-state index is -0.976. The molecule has 1 aromatic rings. The van der Waals surface area contributed by atoms with Crippen LogP contribution in [0.2, 0.25) is 0 Å². The molecule has 128 valence electrons. The van der Waals surface area contributed by atoms with Gasteiger partial charge < -0.3 is 9.84 Å². The molecule has 0 aliphatic rings. The van der Waals surface area contributed by atoms with Gasteiger partial charge in [-0.1, -0.05) is 37.3 Å². The molecule has 1 atom stereocenters. The summed E-state index contributed by atoms with van der Waals surface area (Å²) in [5.74, 6) is -0.0979. The molecule has 0 heterocycles. The molecule has 1 N–H and O–H groups in total. The first-order valence-corrected chi connectivity index (χ1v) is 9.18. The molecule has 1 aromatic carbocycles. The Hall–Kier alpha value is -1.69. The second kappa shape index (κ2) is 10.9. The van der Waals surface area contributed by atoms with Crippen molar-refractivity contribution >= 4 is 23.8 Å². The third kappa shape index (κ3) is 6.95. The summed E-state index contributed by atoms with van der Waals surface area (Å²) in [6.07, 6.45) is 3.30. The van der Waals surface area contributed by atoms with E-state index in [0.29, 0.717) is 19.4 Å². The van der Waals surface area contributed by atoms with E-state index in [0.717, 1.165) is 17.7 Å². The predicted octanol–water partition coefficient (Wildman–Crippen LogP) is 3.63. The lowest BCUT2D eigenvalue weighted by atomic mass is 10.1. The fourth-order valence-corrected chi connectivity index (χ4v) is 2.71. The van der Waals surface area contributed by atoms with E-state index in [1.807, 2.05) is 43.5 Å². The largest absolute Gasteiger partial charge is 0.480 e. The number of rotatable bonds is 10. The second-order valence-corrected chi connectivity index (χ2v) is 6.21. The van der Waals surface area contributed by atoms with Gasteiger partial charge in [-0.25, -0.2) is 9.59 Å². The van der Waals surface area contributed by atoms with Crippen molar-refractivity contribution in [1.82, 2.24) is 4.90 Å². The van der Waals surface area contributed by atoms with Crippen molar-refractivity contribution in [3.63, 3.8) is 0 Å². The molecule has 0 saturated heterocycles. The number of carboxylic acids is 1. The highest BCUT2D eigenvalue weighted by molar-refractivity contribution is 7.98. The zero-order valence-electron chi connectivity index (χ0n) is 13.7. The first-order chi connectivity index (χ1) is 11.1. The molecular formula is C17H25NO4S.